The fraction of sp³-hybridized carbons (Fsp3) is 0.278. The van der Waals surface area contributed by atoms with Crippen molar-refractivity contribution in [1.29, 1.82) is 0 Å². The molecule has 0 spiro atoms. The van der Waals surface area contributed by atoms with Crippen LogP contribution in [0.3, 0.4) is 0 Å². The van der Waals surface area contributed by atoms with Gasteiger partial charge in [-0.05, 0) is 62.7 Å². The number of benzene rings is 2. The summed E-state index contributed by atoms with van der Waals surface area (Å²) >= 11 is 11.7. The average molecular weight is 431 g/mol. The summed E-state index contributed by atoms with van der Waals surface area (Å²) in [5.41, 5.74) is 1.10. The molecule has 2 rings (SSSR count). The van der Waals surface area contributed by atoms with Gasteiger partial charge in [0.25, 0.3) is 5.91 Å². The minimum Gasteiger partial charge on any atom is -0.483 e. The van der Waals surface area contributed by atoms with Gasteiger partial charge < -0.3 is 10.1 Å². The van der Waals surface area contributed by atoms with Crippen molar-refractivity contribution in [3.63, 3.8) is 0 Å². The SMILES string of the molecule is Cc1cc(S(=O)(=O)NC(C)C)ccc1OCC(=O)Nc1ccc(Cl)c(Cl)c1. The van der Waals surface area contributed by atoms with E-state index in [0.29, 0.717) is 27.0 Å². The van der Waals surface area contributed by atoms with Crippen LogP contribution in [-0.2, 0) is 14.8 Å². The smallest absolute Gasteiger partial charge is 0.262 e. The molecular formula is C18H20Cl2N2O4S. The van der Waals surface area contributed by atoms with Crippen LogP contribution >= 0.6 is 23.2 Å². The van der Waals surface area contributed by atoms with Gasteiger partial charge >= 0.3 is 0 Å². The highest BCUT2D eigenvalue weighted by Gasteiger charge is 2.17. The predicted octanol–water partition coefficient (Wildman–Crippen LogP) is 4.01. The average Bonchev–Trinajstić information content (AvgIpc) is 2.56. The number of amides is 1. The molecule has 2 aromatic rings. The first-order valence-electron chi connectivity index (χ1n) is 8.09. The molecule has 0 aliphatic heterocycles. The zero-order valence-electron chi connectivity index (χ0n) is 15.0. The molecule has 0 saturated carbocycles. The molecule has 0 fully saturated rings. The number of ether oxygens (including phenoxy) is 1. The summed E-state index contributed by atoms with van der Waals surface area (Å²) in [6.07, 6.45) is 0. The second-order valence-electron chi connectivity index (χ2n) is 6.17. The Morgan fingerprint density at radius 2 is 1.81 bits per heavy atom. The normalized spacial score (nSPS) is 11.5. The number of halogens is 2. The van der Waals surface area contributed by atoms with Crippen LogP contribution in [0, 0.1) is 6.92 Å². The molecule has 0 unspecified atom stereocenters. The highest BCUT2D eigenvalue weighted by Crippen LogP contribution is 2.25. The fourth-order valence-corrected chi connectivity index (χ4v) is 3.88. The van der Waals surface area contributed by atoms with Crippen LogP contribution in [0.15, 0.2) is 41.3 Å². The summed E-state index contributed by atoms with van der Waals surface area (Å²) < 4.78 is 32.4. The third kappa shape index (κ3) is 6.10. The first kappa shape index (κ1) is 21.5. The Kier molecular flexibility index (Phi) is 7.11. The number of hydrogen-bond acceptors (Lipinski definition) is 4. The third-order valence-corrected chi connectivity index (χ3v) is 5.80. The molecule has 0 bridgehead atoms. The summed E-state index contributed by atoms with van der Waals surface area (Å²) in [5, 5.41) is 3.37. The Labute approximate surface area is 168 Å². The molecule has 9 heteroatoms. The van der Waals surface area contributed by atoms with Gasteiger partial charge in [0.2, 0.25) is 10.0 Å². The lowest BCUT2D eigenvalue weighted by atomic mass is 10.2. The highest BCUT2D eigenvalue weighted by molar-refractivity contribution is 7.89. The first-order valence-corrected chi connectivity index (χ1v) is 10.3. The van der Waals surface area contributed by atoms with E-state index in [1.54, 1.807) is 32.9 Å². The molecule has 0 atom stereocenters. The molecule has 1 amide bonds. The lowest BCUT2D eigenvalue weighted by molar-refractivity contribution is -0.118. The van der Waals surface area contributed by atoms with Crippen molar-refractivity contribution in [2.45, 2.75) is 31.7 Å². The molecule has 6 nitrogen and oxygen atoms in total. The van der Waals surface area contributed by atoms with Crippen LogP contribution in [0.2, 0.25) is 10.0 Å². The van der Waals surface area contributed by atoms with Gasteiger partial charge in [0.1, 0.15) is 5.75 Å². The van der Waals surface area contributed by atoms with E-state index in [1.165, 1.54) is 24.3 Å². The maximum Gasteiger partial charge on any atom is 0.262 e. The Morgan fingerprint density at radius 1 is 1.11 bits per heavy atom. The van der Waals surface area contributed by atoms with Gasteiger partial charge in [-0.3, -0.25) is 4.79 Å². The molecular weight excluding hydrogens is 411 g/mol. The highest BCUT2D eigenvalue weighted by atomic mass is 35.5. The van der Waals surface area contributed by atoms with E-state index in [2.05, 4.69) is 10.0 Å². The molecule has 0 heterocycles. The molecule has 2 N–H and O–H groups in total. The molecule has 146 valence electrons. The molecule has 27 heavy (non-hydrogen) atoms. The molecule has 2 aromatic carbocycles. The predicted molar refractivity (Wildman–Crippen MR) is 107 cm³/mol. The largest absolute Gasteiger partial charge is 0.483 e. The summed E-state index contributed by atoms with van der Waals surface area (Å²) in [6.45, 7) is 4.96. The fourth-order valence-electron chi connectivity index (χ4n) is 2.24. The standard InChI is InChI=1S/C18H20Cl2N2O4S/c1-11(2)22-27(24,25)14-5-7-17(12(3)8-14)26-10-18(23)21-13-4-6-15(19)16(20)9-13/h4-9,11,22H,10H2,1-3H3,(H,21,23). The molecule has 0 aliphatic rings. The van der Waals surface area contributed by atoms with Gasteiger partial charge in [0.05, 0.1) is 14.9 Å². The van der Waals surface area contributed by atoms with Gasteiger partial charge in [-0.25, -0.2) is 13.1 Å². The summed E-state index contributed by atoms with van der Waals surface area (Å²) in [7, 11) is -3.59. The number of aryl methyl sites for hydroxylation is 1. The Balaban J connectivity index is 2.01. The second-order valence-corrected chi connectivity index (χ2v) is 8.70. The van der Waals surface area contributed by atoms with Gasteiger partial charge in [-0.1, -0.05) is 23.2 Å². The van der Waals surface area contributed by atoms with Crippen LogP contribution in [-0.4, -0.2) is 27.0 Å². The number of carbonyl (C=O) groups is 1. The van der Waals surface area contributed by atoms with Gasteiger partial charge in [-0.15, -0.1) is 0 Å². The molecule has 0 saturated heterocycles. The topological polar surface area (TPSA) is 84.5 Å². The quantitative estimate of drug-likeness (QED) is 0.694. The Morgan fingerprint density at radius 3 is 2.41 bits per heavy atom. The molecule has 0 aromatic heterocycles. The van der Waals surface area contributed by atoms with Crippen LogP contribution < -0.4 is 14.8 Å². The van der Waals surface area contributed by atoms with Crippen LogP contribution in [0.5, 0.6) is 5.75 Å². The van der Waals surface area contributed by atoms with Crippen LogP contribution in [0.25, 0.3) is 0 Å². The zero-order chi connectivity index (χ0) is 20.2. The number of sulfonamides is 1. The van der Waals surface area contributed by atoms with E-state index in [9.17, 15) is 13.2 Å². The minimum absolute atomic E-state index is 0.140. The lowest BCUT2D eigenvalue weighted by Crippen LogP contribution is -2.30. The van der Waals surface area contributed by atoms with Crippen molar-refractivity contribution in [2.75, 3.05) is 11.9 Å². The van der Waals surface area contributed by atoms with E-state index in [1.807, 2.05) is 0 Å². The van der Waals surface area contributed by atoms with E-state index in [0.717, 1.165) is 0 Å². The van der Waals surface area contributed by atoms with Crippen molar-refractivity contribution in [3.05, 3.63) is 52.0 Å². The molecule has 0 radical (unpaired) electrons. The summed E-state index contributed by atoms with van der Waals surface area (Å²) in [6, 6.07) is 8.98. The third-order valence-electron chi connectivity index (χ3n) is 3.41. The van der Waals surface area contributed by atoms with E-state index in [4.69, 9.17) is 27.9 Å². The summed E-state index contributed by atoms with van der Waals surface area (Å²) in [4.78, 5) is 12.2. The first-order chi connectivity index (χ1) is 12.6. The number of rotatable bonds is 7. The Bertz CT molecular complexity index is 946. The maximum atomic E-state index is 12.2. The van der Waals surface area contributed by atoms with Gasteiger partial charge in [-0.2, -0.15) is 0 Å². The van der Waals surface area contributed by atoms with Gasteiger partial charge in [0, 0.05) is 11.7 Å². The van der Waals surface area contributed by atoms with Crippen molar-refractivity contribution < 1.29 is 17.9 Å². The number of hydrogen-bond donors (Lipinski definition) is 2. The minimum atomic E-state index is -3.59. The van der Waals surface area contributed by atoms with Crippen molar-refractivity contribution in [3.8, 4) is 5.75 Å². The Hall–Kier alpha value is -1.80. The van der Waals surface area contributed by atoms with Gasteiger partial charge in [0.15, 0.2) is 6.61 Å². The number of carbonyl (C=O) groups excluding carboxylic acids is 1. The second kappa shape index (κ2) is 8.93. The summed E-state index contributed by atoms with van der Waals surface area (Å²) in [5.74, 6) is 0.0359. The maximum absolute atomic E-state index is 12.2. The number of nitrogens with one attached hydrogen (secondary N) is 2. The monoisotopic (exact) mass is 430 g/mol. The lowest BCUT2D eigenvalue weighted by Gasteiger charge is -2.13. The van der Waals surface area contributed by atoms with E-state index < -0.39 is 10.0 Å². The van der Waals surface area contributed by atoms with Crippen LogP contribution in [0.1, 0.15) is 19.4 Å². The van der Waals surface area contributed by atoms with E-state index >= 15 is 0 Å². The van der Waals surface area contributed by atoms with E-state index in [-0.39, 0.29) is 23.5 Å². The number of anilines is 1. The van der Waals surface area contributed by atoms with Crippen LogP contribution in [0.4, 0.5) is 5.69 Å². The zero-order valence-corrected chi connectivity index (χ0v) is 17.4. The van der Waals surface area contributed by atoms with Crippen molar-refractivity contribution in [1.82, 2.24) is 4.72 Å². The van der Waals surface area contributed by atoms with Crippen molar-refractivity contribution >= 4 is 44.8 Å². The van der Waals surface area contributed by atoms with Crippen molar-refractivity contribution in [2.24, 2.45) is 0 Å². The molecule has 0 aliphatic carbocycles.